The summed E-state index contributed by atoms with van der Waals surface area (Å²) in [5, 5.41) is 36.8. The molecule has 3 rings (SSSR count). The normalized spacial score (nSPS) is 11.2. The molecule has 3 aromatic carbocycles. The Morgan fingerprint density at radius 1 is 0.919 bits per heavy atom. The van der Waals surface area contributed by atoms with E-state index < -0.39 is 36.3 Å². The molecule has 0 aliphatic carbocycles. The van der Waals surface area contributed by atoms with Crippen LogP contribution in [0.25, 0.3) is 0 Å². The van der Waals surface area contributed by atoms with Crippen LogP contribution in [0.5, 0.6) is 11.5 Å². The lowest BCUT2D eigenvalue weighted by Crippen LogP contribution is -2.11. The molecule has 0 aromatic heterocycles. The summed E-state index contributed by atoms with van der Waals surface area (Å²) in [6.45, 7) is 0. The van der Waals surface area contributed by atoms with Crippen molar-refractivity contribution >= 4 is 55.0 Å². The largest absolute Gasteiger partial charge is 0.493 e. The van der Waals surface area contributed by atoms with Gasteiger partial charge in [-0.2, -0.15) is 13.5 Å². The minimum atomic E-state index is -4.39. The van der Waals surface area contributed by atoms with Gasteiger partial charge in [0.1, 0.15) is 10.6 Å². The van der Waals surface area contributed by atoms with Gasteiger partial charge in [-0.3, -0.25) is 35.8 Å². The molecule has 0 aliphatic rings. The van der Waals surface area contributed by atoms with Crippen molar-refractivity contribution in [2.45, 2.75) is 4.90 Å². The lowest BCUT2D eigenvalue weighted by Gasteiger charge is -2.13. The highest BCUT2D eigenvalue weighted by molar-refractivity contribution is 9.10. The number of rotatable bonds is 10. The van der Waals surface area contributed by atoms with Gasteiger partial charge in [0.2, 0.25) is 0 Å². The first-order valence-corrected chi connectivity index (χ1v) is 11.9. The highest BCUT2D eigenvalue weighted by Crippen LogP contribution is 2.38. The van der Waals surface area contributed by atoms with Crippen LogP contribution in [-0.4, -0.2) is 36.5 Å². The summed E-state index contributed by atoms with van der Waals surface area (Å²) in [5.74, 6) is -0.236. The number of hydrogen-bond donors (Lipinski definition) is 1. The Balaban J connectivity index is 1.85. The molecular formula is C20H14BrN5O10S. The van der Waals surface area contributed by atoms with E-state index in [0.29, 0.717) is 5.56 Å². The molecule has 15 nitrogen and oxygen atoms in total. The van der Waals surface area contributed by atoms with Crippen molar-refractivity contribution in [2.24, 2.45) is 5.10 Å². The maximum atomic E-state index is 12.7. The number of anilines is 1. The van der Waals surface area contributed by atoms with Crippen molar-refractivity contribution in [2.75, 3.05) is 12.5 Å². The van der Waals surface area contributed by atoms with Crippen LogP contribution in [0.1, 0.15) is 5.56 Å². The molecule has 0 heterocycles. The maximum Gasteiger partial charge on any atom is 0.339 e. The van der Waals surface area contributed by atoms with Gasteiger partial charge in [0.15, 0.2) is 11.5 Å². The fourth-order valence-electron chi connectivity index (χ4n) is 2.84. The molecule has 3 aromatic rings. The fourth-order valence-corrected chi connectivity index (χ4v) is 4.45. The van der Waals surface area contributed by atoms with E-state index in [4.69, 9.17) is 8.92 Å². The van der Waals surface area contributed by atoms with E-state index in [1.807, 2.05) is 0 Å². The predicted octanol–water partition coefficient (Wildman–Crippen LogP) is 4.40. The van der Waals surface area contributed by atoms with Gasteiger partial charge in [-0.15, -0.1) is 0 Å². The molecule has 0 radical (unpaired) electrons. The van der Waals surface area contributed by atoms with Gasteiger partial charge < -0.3 is 8.92 Å². The summed E-state index contributed by atoms with van der Waals surface area (Å²) in [5.41, 5.74) is 1.34. The monoisotopic (exact) mass is 595 g/mol. The Bertz CT molecular complexity index is 1530. The van der Waals surface area contributed by atoms with Gasteiger partial charge in [-0.1, -0.05) is 0 Å². The first kappa shape index (κ1) is 27.0. The quantitative estimate of drug-likeness (QED) is 0.150. The van der Waals surface area contributed by atoms with E-state index in [2.05, 4.69) is 26.5 Å². The zero-order valence-corrected chi connectivity index (χ0v) is 20.8. The van der Waals surface area contributed by atoms with Crippen LogP contribution in [-0.2, 0) is 10.1 Å². The van der Waals surface area contributed by atoms with Gasteiger partial charge in [0.05, 0.1) is 38.6 Å². The van der Waals surface area contributed by atoms with Crippen LogP contribution in [0.3, 0.4) is 0 Å². The Morgan fingerprint density at radius 3 is 2.11 bits per heavy atom. The maximum absolute atomic E-state index is 12.7. The zero-order valence-electron chi connectivity index (χ0n) is 18.4. The number of hydrogen-bond acceptors (Lipinski definition) is 12. The topological polar surface area (TPSA) is 206 Å². The number of nitrogens with zero attached hydrogens (tertiary/aromatic N) is 4. The predicted molar refractivity (Wildman–Crippen MR) is 133 cm³/mol. The number of halogens is 1. The lowest BCUT2D eigenvalue weighted by atomic mass is 10.2. The molecule has 17 heteroatoms. The van der Waals surface area contributed by atoms with Crippen molar-refractivity contribution in [3.63, 3.8) is 0 Å². The Labute approximate surface area is 216 Å². The smallest absolute Gasteiger partial charge is 0.339 e. The standard InChI is InChI=1S/C20H14BrN5O10S/c1-35-19-9-12(11-22-23-17-7-4-14(25(29)30)10-18(17)26(31)32)8-16(21)20(19)36-37(33,34)15-5-2-13(3-6-15)24(27)28/h2-11,23H,1H3/b22-11-. The number of ether oxygens (including phenoxy) is 1. The zero-order chi connectivity index (χ0) is 27.3. The summed E-state index contributed by atoms with van der Waals surface area (Å²) >= 11 is 3.19. The molecule has 0 saturated carbocycles. The van der Waals surface area contributed by atoms with Crippen LogP contribution >= 0.6 is 15.9 Å². The van der Waals surface area contributed by atoms with Crippen LogP contribution in [0.4, 0.5) is 22.7 Å². The first-order valence-electron chi connectivity index (χ1n) is 9.71. The molecule has 0 unspecified atom stereocenters. The van der Waals surface area contributed by atoms with Crippen molar-refractivity contribution in [1.29, 1.82) is 0 Å². The summed E-state index contributed by atoms with van der Waals surface area (Å²) < 4.78 is 35.9. The van der Waals surface area contributed by atoms with Crippen LogP contribution in [0.15, 0.2) is 69.1 Å². The van der Waals surface area contributed by atoms with Crippen LogP contribution in [0, 0.1) is 30.3 Å². The van der Waals surface area contributed by atoms with Gasteiger partial charge in [0, 0.05) is 18.2 Å². The Hall–Kier alpha value is -4.64. The van der Waals surface area contributed by atoms with Crippen molar-refractivity contribution in [3.8, 4) is 11.5 Å². The molecular weight excluding hydrogens is 582 g/mol. The van der Waals surface area contributed by atoms with Gasteiger partial charge in [-0.05, 0) is 51.8 Å². The second-order valence-electron chi connectivity index (χ2n) is 6.91. The van der Waals surface area contributed by atoms with Gasteiger partial charge >= 0.3 is 15.8 Å². The summed E-state index contributed by atoms with van der Waals surface area (Å²) in [7, 11) is -3.13. The number of methoxy groups -OCH3 is 1. The molecule has 0 fully saturated rings. The third-order valence-corrected chi connectivity index (χ3v) is 6.39. The lowest BCUT2D eigenvalue weighted by molar-refractivity contribution is -0.393. The summed E-state index contributed by atoms with van der Waals surface area (Å²) in [6.07, 6.45) is 1.23. The van der Waals surface area contributed by atoms with Gasteiger partial charge in [0.25, 0.3) is 11.4 Å². The molecule has 0 amide bonds. The second kappa shape index (κ2) is 11.0. The van der Waals surface area contributed by atoms with Gasteiger partial charge in [-0.25, -0.2) is 0 Å². The molecule has 0 bridgehead atoms. The molecule has 0 atom stereocenters. The van der Waals surface area contributed by atoms with E-state index in [-0.39, 0.29) is 32.2 Å². The number of nitro groups is 3. The molecule has 192 valence electrons. The Morgan fingerprint density at radius 2 is 1.54 bits per heavy atom. The van der Waals surface area contributed by atoms with Crippen LogP contribution < -0.4 is 14.3 Å². The van der Waals surface area contributed by atoms with E-state index in [1.165, 1.54) is 25.5 Å². The number of non-ortho nitro benzene ring substituents is 2. The van der Waals surface area contributed by atoms with Crippen molar-refractivity contribution < 1.29 is 32.1 Å². The number of hydrazone groups is 1. The van der Waals surface area contributed by atoms with E-state index in [9.17, 15) is 38.8 Å². The highest BCUT2D eigenvalue weighted by atomic mass is 79.9. The third kappa shape index (κ3) is 6.33. The first-order chi connectivity index (χ1) is 17.4. The number of benzene rings is 3. The average Bonchev–Trinajstić information content (AvgIpc) is 2.85. The van der Waals surface area contributed by atoms with Crippen molar-refractivity contribution in [1.82, 2.24) is 0 Å². The summed E-state index contributed by atoms with van der Waals surface area (Å²) in [4.78, 5) is 30.3. The fraction of sp³-hybridized carbons (Fsp3) is 0.0500. The van der Waals surface area contributed by atoms with E-state index in [1.54, 1.807) is 0 Å². The Kier molecular flexibility index (Phi) is 7.98. The minimum absolute atomic E-state index is 0.0253. The molecule has 0 aliphatic heterocycles. The van der Waals surface area contributed by atoms with E-state index in [0.717, 1.165) is 42.5 Å². The van der Waals surface area contributed by atoms with Crippen molar-refractivity contribution in [3.05, 3.63) is 95.0 Å². The minimum Gasteiger partial charge on any atom is -0.493 e. The van der Waals surface area contributed by atoms with Crippen LogP contribution in [0.2, 0.25) is 0 Å². The second-order valence-corrected chi connectivity index (χ2v) is 9.31. The molecule has 1 N–H and O–H groups in total. The van der Waals surface area contributed by atoms with E-state index >= 15 is 0 Å². The number of nitro benzene ring substituents is 3. The average molecular weight is 596 g/mol. The SMILES string of the molecule is COc1cc(/C=N\Nc2ccc([N+](=O)[O-])cc2[N+](=O)[O-])cc(Br)c1OS(=O)(=O)c1ccc([N+](=O)[O-])cc1. The third-order valence-electron chi connectivity index (χ3n) is 4.57. The molecule has 0 spiro atoms. The summed E-state index contributed by atoms with van der Waals surface area (Å²) in [6, 6.07) is 9.85. The molecule has 0 saturated heterocycles. The molecule has 37 heavy (non-hydrogen) atoms. The highest BCUT2D eigenvalue weighted by Gasteiger charge is 2.23. The number of nitrogens with one attached hydrogen (secondary N) is 1.